The van der Waals surface area contributed by atoms with Gasteiger partial charge in [-0.25, -0.2) is 4.39 Å². The van der Waals surface area contributed by atoms with Gasteiger partial charge in [0.15, 0.2) is 0 Å². The van der Waals surface area contributed by atoms with Gasteiger partial charge in [-0.3, -0.25) is 0 Å². The van der Waals surface area contributed by atoms with Crippen molar-refractivity contribution in [1.29, 1.82) is 0 Å². The van der Waals surface area contributed by atoms with E-state index in [4.69, 9.17) is 0 Å². The van der Waals surface area contributed by atoms with E-state index in [1.54, 1.807) is 6.07 Å². The van der Waals surface area contributed by atoms with Gasteiger partial charge in [0, 0.05) is 28.2 Å². The van der Waals surface area contributed by atoms with Crippen LogP contribution in [0.4, 0.5) is 4.39 Å². The molecule has 0 radical (unpaired) electrons. The standard InChI is InChI=1S/C17H19BrFNO/c1-3-17(12-4-6-13(18)7-5-12)20-11(2)15-9-8-14(21)10-16(15)19/h4-11,17,20-21H,3H2,1-2H3. The lowest BCUT2D eigenvalue weighted by molar-refractivity contribution is 0.436. The molecule has 2 aromatic carbocycles. The fraction of sp³-hybridized carbons (Fsp3) is 0.294. The first-order valence-electron chi connectivity index (χ1n) is 7.01. The highest BCUT2D eigenvalue weighted by Crippen LogP contribution is 2.26. The summed E-state index contributed by atoms with van der Waals surface area (Å²) in [5.74, 6) is -0.441. The summed E-state index contributed by atoms with van der Waals surface area (Å²) in [6.07, 6.45) is 0.908. The molecule has 0 bridgehead atoms. The molecule has 0 saturated heterocycles. The molecule has 0 spiro atoms. The minimum absolute atomic E-state index is 0.0524. The van der Waals surface area contributed by atoms with Gasteiger partial charge in [-0.05, 0) is 37.1 Å². The highest BCUT2D eigenvalue weighted by atomic mass is 79.9. The van der Waals surface area contributed by atoms with E-state index in [1.165, 1.54) is 11.6 Å². The van der Waals surface area contributed by atoms with Crippen molar-refractivity contribution in [3.8, 4) is 5.75 Å². The summed E-state index contributed by atoms with van der Waals surface area (Å²) >= 11 is 3.43. The largest absolute Gasteiger partial charge is 0.508 e. The number of phenols is 1. The quantitative estimate of drug-likeness (QED) is 0.785. The van der Waals surface area contributed by atoms with Crippen molar-refractivity contribution in [2.75, 3.05) is 0 Å². The van der Waals surface area contributed by atoms with Crippen LogP contribution in [0.2, 0.25) is 0 Å². The Bertz CT molecular complexity index is 600. The Morgan fingerprint density at radius 2 is 1.86 bits per heavy atom. The zero-order valence-corrected chi connectivity index (χ0v) is 13.7. The van der Waals surface area contributed by atoms with Crippen molar-refractivity contribution in [2.24, 2.45) is 0 Å². The summed E-state index contributed by atoms with van der Waals surface area (Å²) in [5, 5.41) is 12.7. The lowest BCUT2D eigenvalue weighted by atomic mass is 10.0. The average Bonchev–Trinajstić information content (AvgIpc) is 2.45. The van der Waals surface area contributed by atoms with E-state index in [0.29, 0.717) is 5.56 Å². The van der Waals surface area contributed by atoms with Crippen LogP contribution >= 0.6 is 15.9 Å². The molecule has 0 aliphatic rings. The summed E-state index contributed by atoms with van der Waals surface area (Å²) in [4.78, 5) is 0. The minimum Gasteiger partial charge on any atom is -0.508 e. The lowest BCUT2D eigenvalue weighted by Crippen LogP contribution is -2.24. The van der Waals surface area contributed by atoms with Gasteiger partial charge in [0.05, 0.1) is 0 Å². The van der Waals surface area contributed by atoms with Crippen LogP contribution in [0.3, 0.4) is 0 Å². The highest BCUT2D eigenvalue weighted by Gasteiger charge is 2.16. The number of benzene rings is 2. The molecule has 2 atom stereocenters. The molecular weight excluding hydrogens is 333 g/mol. The molecule has 0 aliphatic heterocycles. The molecule has 2 unspecified atom stereocenters. The number of hydrogen-bond acceptors (Lipinski definition) is 2. The van der Waals surface area contributed by atoms with E-state index < -0.39 is 0 Å². The second-order valence-corrected chi connectivity index (χ2v) is 6.02. The molecule has 2 rings (SSSR count). The molecule has 0 heterocycles. The summed E-state index contributed by atoms with van der Waals surface area (Å²) in [6.45, 7) is 4.02. The van der Waals surface area contributed by atoms with Crippen LogP contribution in [-0.2, 0) is 0 Å². The normalized spacial score (nSPS) is 13.9. The molecule has 21 heavy (non-hydrogen) atoms. The SMILES string of the molecule is CCC(NC(C)c1ccc(O)cc1F)c1ccc(Br)cc1. The van der Waals surface area contributed by atoms with E-state index in [0.717, 1.165) is 17.0 Å². The molecule has 0 amide bonds. The maximum absolute atomic E-state index is 13.9. The molecule has 4 heteroatoms. The fourth-order valence-electron chi connectivity index (χ4n) is 2.40. The molecule has 112 valence electrons. The van der Waals surface area contributed by atoms with Crippen molar-refractivity contribution in [1.82, 2.24) is 5.32 Å². The van der Waals surface area contributed by atoms with E-state index in [9.17, 15) is 9.50 Å². The number of nitrogens with one attached hydrogen (secondary N) is 1. The second-order valence-electron chi connectivity index (χ2n) is 5.11. The van der Waals surface area contributed by atoms with Gasteiger partial charge in [-0.1, -0.05) is 41.1 Å². The van der Waals surface area contributed by atoms with Crippen LogP contribution in [0.5, 0.6) is 5.75 Å². The molecule has 0 aromatic heterocycles. The maximum atomic E-state index is 13.9. The maximum Gasteiger partial charge on any atom is 0.131 e. The number of hydrogen-bond donors (Lipinski definition) is 2. The van der Waals surface area contributed by atoms with Gasteiger partial charge in [-0.15, -0.1) is 0 Å². The van der Waals surface area contributed by atoms with Gasteiger partial charge in [0.2, 0.25) is 0 Å². The van der Waals surface area contributed by atoms with Crippen LogP contribution in [0, 0.1) is 5.82 Å². The smallest absolute Gasteiger partial charge is 0.131 e. The predicted octanol–water partition coefficient (Wildman–Crippen LogP) is 5.10. The van der Waals surface area contributed by atoms with Crippen molar-refractivity contribution in [2.45, 2.75) is 32.4 Å². The Morgan fingerprint density at radius 3 is 2.43 bits per heavy atom. The molecule has 0 saturated carbocycles. The van der Waals surface area contributed by atoms with Gasteiger partial charge < -0.3 is 10.4 Å². The number of halogens is 2. The molecule has 2 nitrogen and oxygen atoms in total. The summed E-state index contributed by atoms with van der Waals surface area (Å²) in [7, 11) is 0. The molecule has 0 aliphatic carbocycles. The van der Waals surface area contributed by atoms with Crippen molar-refractivity contribution >= 4 is 15.9 Å². The van der Waals surface area contributed by atoms with Crippen molar-refractivity contribution < 1.29 is 9.50 Å². The van der Waals surface area contributed by atoms with E-state index in [2.05, 4.69) is 40.3 Å². The third-order valence-electron chi connectivity index (χ3n) is 3.58. The Hall–Kier alpha value is -1.39. The van der Waals surface area contributed by atoms with Gasteiger partial charge in [0.1, 0.15) is 11.6 Å². The Labute approximate surface area is 133 Å². The van der Waals surface area contributed by atoms with Crippen molar-refractivity contribution in [3.05, 3.63) is 63.9 Å². The van der Waals surface area contributed by atoms with Crippen LogP contribution in [0.25, 0.3) is 0 Å². The topological polar surface area (TPSA) is 32.3 Å². The van der Waals surface area contributed by atoms with Crippen LogP contribution in [-0.4, -0.2) is 5.11 Å². The molecule has 2 aromatic rings. The van der Waals surface area contributed by atoms with E-state index in [-0.39, 0.29) is 23.7 Å². The number of phenolic OH excluding ortho intramolecular Hbond substituents is 1. The average molecular weight is 352 g/mol. The summed E-state index contributed by atoms with van der Waals surface area (Å²) < 4.78 is 14.9. The van der Waals surface area contributed by atoms with Crippen LogP contribution < -0.4 is 5.32 Å². The highest BCUT2D eigenvalue weighted by molar-refractivity contribution is 9.10. The number of rotatable bonds is 5. The third-order valence-corrected chi connectivity index (χ3v) is 4.11. The Kier molecular flexibility index (Phi) is 5.37. The molecule has 2 N–H and O–H groups in total. The van der Waals surface area contributed by atoms with Gasteiger partial charge in [-0.2, -0.15) is 0 Å². The minimum atomic E-state index is -0.388. The van der Waals surface area contributed by atoms with Crippen LogP contribution in [0.1, 0.15) is 43.5 Å². The first-order chi connectivity index (χ1) is 10.0. The third kappa shape index (κ3) is 4.05. The van der Waals surface area contributed by atoms with E-state index in [1.807, 2.05) is 19.1 Å². The Morgan fingerprint density at radius 1 is 1.19 bits per heavy atom. The number of aromatic hydroxyl groups is 1. The molecular formula is C17H19BrFNO. The second kappa shape index (κ2) is 7.05. The lowest BCUT2D eigenvalue weighted by Gasteiger charge is -2.23. The van der Waals surface area contributed by atoms with Gasteiger partial charge in [0.25, 0.3) is 0 Å². The molecule has 0 fully saturated rings. The van der Waals surface area contributed by atoms with Gasteiger partial charge >= 0.3 is 0 Å². The summed E-state index contributed by atoms with van der Waals surface area (Å²) in [5.41, 5.74) is 1.73. The first-order valence-corrected chi connectivity index (χ1v) is 7.80. The van der Waals surface area contributed by atoms with Crippen molar-refractivity contribution in [3.63, 3.8) is 0 Å². The Balaban J connectivity index is 2.15. The zero-order chi connectivity index (χ0) is 15.4. The van der Waals surface area contributed by atoms with E-state index >= 15 is 0 Å². The van der Waals surface area contributed by atoms with Crippen LogP contribution in [0.15, 0.2) is 46.9 Å². The first kappa shape index (κ1) is 16.0. The fourth-order valence-corrected chi connectivity index (χ4v) is 2.67. The summed E-state index contributed by atoms with van der Waals surface area (Å²) in [6, 6.07) is 12.4. The zero-order valence-electron chi connectivity index (χ0n) is 12.1. The monoisotopic (exact) mass is 351 g/mol. The predicted molar refractivity (Wildman–Crippen MR) is 86.8 cm³/mol.